The first kappa shape index (κ1) is 22.5. The van der Waals surface area contributed by atoms with Gasteiger partial charge in [0.25, 0.3) is 0 Å². The Labute approximate surface area is 174 Å². The third kappa shape index (κ3) is 7.26. The van der Waals surface area contributed by atoms with Gasteiger partial charge in [-0.3, -0.25) is 0 Å². The molecule has 0 fully saturated rings. The quantitative estimate of drug-likeness (QED) is 0.415. The molecule has 0 unspecified atom stereocenters. The first-order valence-electron chi connectivity index (χ1n) is 10.1. The van der Waals surface area contributed by atoms with E-state index in [0.29, 0.717) is 0 Å². The van der Waals surface area contributed by atoms with Crippen molar-refractivity contribution >= 4 is 5.97 Å². The zero-order valence-corrected chi connectivity index (χ0v) is 17.9. The predicted molar refractivity (Wildman–Crippen MR) is 120 cm³/mol. The number of carbonyl (C=O) groups is 1. The number of ether oxygens (including phenoxy) is 1. The van der Waals surface area contributed by atoms with Crippen LogP contribution in [0.3, 0.4) is 0 Å². The molecule has 0 amide bonds. The molecule has 0 aliphatic heterocycles. The number of esters is 1. The number of rotatable bonds is 7. The highest BCUT2D eigenvalue weighted by Gasteiger charge is 2.23. The molecule has 2 rings (SSSR count). The minimum atomic E-state index is -0.531. The number of hydrogen-bond acceptors (Lipinski definition) is 3. The number of allylic oxidation sites excluding steroid dienone is 9. The van der Waals surface area contributed by atoms with Gasteiger partial charge in [-0.2, -0.15) is 0 Å². The second-order valence-corrected chi connectivity index (χ2v) is 8.10. The summed E-state index contributed by atoms with van der Waals surface area (Å²) in [5.41, 5.74) is 4.04. The van der Waals surface area contributed by atoms with Crippen LogP contribution in [0.25, 0.3) is 0 Å². The summed E-state index contributed by atoms with van der Waals surface area (Å²) in [6, 6.07) is 6.36. The number of carbonyl (C=O) groups excluding carboxylic acids is 1. The van der Waals surface area contributed by atoms with E-state index in [1.807, 2.05) is 25.2 Å². The van der Waals surface area contributed by atoms with Crippen LogP contribution in [0.15, 0.2) is 83.5 Å². The van der Waals surface area contributed by atoms with E-state index in [4.69, 9.17) is 4.74 Å². The van der Waals surface area contributed by atoms with Crippen LogP contribution in [-0.4, -0.2) is 17.7 Å². The number of benzene rings is 1. The van der Waals surface area contributed by atoms with Crippen molar-refractivity contribution in [2.24, 2.45) is 5.41 Å². The van der Waals surface area contributed by atoms with Gasteiger partial charge in [0.05, 0.1) is 0 Å². The van der Waals surface area contributed by atoms with Gasteiger partial charge < -0.3 is 9.84 Å². The van der Waals surface area contributed by atoms with Gasteiger partial charge in [0.2, 0.25) is 0 Å². The molecule has 0 atom stereocenters. The maximum Gasteiger partial charge on any atom is 0.342 e. The second kappa shape index (κ2) is 10.7. The molecule has 1 aliphatic rings. The molecule has 1 N–H and O–H groups in total. The van der Waals surface area contributed by atoms with Crippen molar-refractivity contribution in [2.75, 3.05) is 6.61 Å². The van der Waals surface area contributed by atoms with Gasteiger partial charge in [-0.05, 0) is 62.3 Å². The van der Waals surface area contributed by atoms with Crippen molar-refractivity contribution in [3.63, 3.8) is 0 Å². The number of phenols is 1. The van der Waals surface area contributed by atoms with Crippen molar-refractivity contribution in [1.29, 1.82) is 0 Å². The molecular formula is C26H32O3. The zero-order valence-electron chi connectivity index (χ0n) is 17.9. The Kier molecular flexibility index (Phi) is 8.26. The highest BCUT2D eigenvalue weighted by atomic mass is 16.5. The first-order valence-corrected chi connectivity index (χ1v) is 10.1. The van der Waals surface area contributed by atoms with Gasteiger partial charge in [0.15, 0.2) is 0 Å². The SMILES string of the molecule is CC(/C=C/C1=CCCCC1(C)C)=C\C=C\C(C)=C\COC(=O)c1ccccc1O. The average Bonchev–Trinajstić information content (AvgIpc) is 2.67. The lowest BCUT2D eigenvalue weighted by Gasteiger charge is -2.30. The van der Waals surface area contributed by atoms with Crippen molar-refractivity contribution in [3.05, 3.63) is 89.1 Å². The molecule has 0 saturated carbocycles. The van der Waals surface area contributed by atoms with Gasteiger partial charge >= 0.3 is 5.97 Å². The van der Waals surface area contributed by atoms with Crippen LogP contribution < -0.4 is 0 Å². The minimum absolute atomic E-state index is 0.0702. The van der Waals surface area contributed by atoms with Crippen molar-refractivity contribution < 1.29 is 14.6 Å². The third-order valence-electron chi connectivity index (χ3n) is 5.14. The molecule has 1 aromatic rings. The number of phenolic OH excluding ortho intramolecular Hbond substituents is 1. The van der Waals surface area contributed by atoms with E-state index in [9.17, 15) is 9.90 Å². The Morgan fingerprint density at radius 1 is 1.17 bits per heavy atom. The largest absolute Gasteiger partial charge is 0.507 e. The smallest absolute Gasteiger partial charge is 0.342 e. The molecule has 1 aromatic carbocycles. The van der Waals surface area contributed by atoms with Crippen LogP contribution in [0.5, 0.6) is 5.75 Å². The van der Waals surface area contributed by atoms with E-state index in [-0.39, 0.29) is 23.3 Å². The Hall–Kier alpha value is -2.81. The number of aromatic hydroxyl groups is 1. The van der Waals surface area contributed by atoms with Crippen molar-refractivity contribution in [2.45, 2.75) is 47.0 Å². The molecule has 0 aromatic heterocycles. The second-order valence-electron chi connectivity index (χ2n) is 8.10. The van der Waals surface area contributed by atoms with Gasteiger partial charge in [-0.15, -0.1) is 0 Å². The van der Waals surface area contributed by atoms with Gasteiger partial charge in [-0.25, -0.2) is 4.79 Å². The molecule has 0 bridgehead atoms. The highest BCUT2D eigenvalue weighted by molar-refractivity contribution is 5.92. The van der Waals surface area contributed by atoms with E-state index < -0.39 is 5.97 Å². The fraction of sp³-hybridized carbons (Fsp3) is 0.346. The molecule has 1 aliphatic carbocycles. The summed E-state index contributed by atoms with van der Waals surface area (Å²) >= 11 is 0. The molecule has 0 heterocycles. The van der Waals surface area contributed by atoms with Crippen molar-refractivity contribution in [1.82, 2.24) is 0 Å². The first-order chi connectivity index (χ1) is 13.8. The average molecular weight is 393 g/mol. The summed E-state index contributed by atoms with van der Waals surface area (Å²) in [7, 11) is 0. The molecule has 3 heteroatoms. The lowest BCUT2D eigenvalue weighted by atomic mass is 9.75. The predicted octanol–water partition coefficient (Wildman–Crippen LogP) is 6.69. The van der Waals surface area contributed by atoms with Crippen LogP contribution >= 0.6 is 0 Å². The monoisotopic (exact) mass is 392 g/mol. The van der Waals surface area contributed by atoms with E-state index >= 15 is 0 Å². The summed E-state index contributed by atoms with van der Waals surface area (Å²) in [5, 5.41) is 9.67. The maximum atomic E-state index is 11.9. The van der Waals surface area contributed by atoms with Crippen LogP contribution in [-0.2, 0) is 4.74 Å². The fourth-order valence-corrected chi connectivity index (χ4v) is 3.19. The maximum absolute atomic E-state index is 11.9. The van der Waals surface area contributed by atoms with Crippen LogP contribution in [0.4, 0.5) is 0 Å². The van der Waals surface area contributed by atoms with Gasteiger partial charge in [-0.1, -0.05) is 73.6 Å². The Morgan fingerprint density at radius 3 is 2.66 bits per heavy atom. The Balaban J connectivity index is 1.85. The van der Waals surface area contributed by atoms with E-state index in [0.717, 1.165) is 5.57 Å². The van der Waals surface area contributed by atoms with E-state index in [1.165, 1.54) is 36.5 Å². The molecule has 0 spiro atoms. The topological polar surface area (TPSA) is 46.5 Å². The minimum Gasteiger partial charge on any atom is -0.507 e. The lowest BCUT2D eigenvalue weighted by Crippen LogP contribution is -2.16. The fourth-order valence-electron chi connectivity index (χ4n) is 3.19. The van der Waals surface area contributed by atoms with Gasteiger partial charge in [0.1, 0.15) is 17.9 Å². The summed E-state index contributed by atoms with van der Waals surface area (Å²) in [6.45, 7) is 8.82. The summed E-state index contributed by atoms with van der Waals surface area (Å²) < 4.78 is 5.19. The van der Waals surface area contributed by atoms with E-state index in [1.54, 1.807) is 18.2 Å². The van der Waals surface area contributed by atoms with Crippen molar-refractivity contribution in [3.8, 4) is 5.75 Å². The Bertz CT molecular complexity index is 864. The summed E-state index contributed by atoms with van der Waals surface area (Å²) in [6.07, 6.45) is 18.3. The molecule has 0 saturated heterocycles. The van der Waals surface area contributed by atoms with Gasteiger partial charge in [0, 0.05) is 0 Å². The summed E-state index contributed by atoms with van der Waals surface area (Å²) in [4.78, 5) is 11.9. The third-order valence-corrected chi connectivity index (χ3v) is 5.14. The molecule has 0 radical (unpaired) electrons. The molecule has 29 heavy (non-hydrogen) atoms. The Morgan fingerprint density at radius 2 is 1.93 bits per heavy atom. The van der Waals surface area contributed by atoms with E-state index in [2.05, 4.69) is 45.1 Å². The number of hydrogen-bond donors (Lipinski definition) is 1. The standard InChI is InChI=1S/C26H32O3/c1-20(15-16-22-12-7-8-18-26(22,3)4)10-9-11-21(2)17-19-29-25(28)23-13-5-6-14-24(23)27/h5-6,9-17,27H,7-8,18-19H2,1-4H3/b11-9+,16-15+,20-10+,21-17+. The van der Waals surface area contributed by atoms with Crippen LogP contribution in [0.1, 0.15) is 57.3 Å². The molecular weight excluding hydrogens is 360 g/mol. The number of para-hydroxylation sites is 1. The normalized spacial score (nSPS) is 17.6. The zero-order chi connectivity index (χ0) is 21.3. The van der Waals surface area contributed by atoms with Crippen LogP contribution in [0, 0.1) is 5.41 Å². The molecule has 3 nitrogen and oxygen atoms in total. The summed E-state index contributed by atoms with van der Waals surface area (Å²) in [5.74, 6) is -0.601. The lowest BCUT2D eigenvalue weighted by molar-refractivity contribution is 0.0546. The van der Waals surface area contributed by atoms with Crippen LogP contribution in [0.2, 0.25) is 0 Å². The highest BCUT2D eigenvalue weighted by Crippen LogP contribution is 2.37. The molecule has 154 valence electrons.